The van der Waals surface area contributed by atoms with E-state index in [1.54, 1.807) is 20.8 Å². The van der Waals surface area contributed by atoms with Gasteiger partial charge >= 0.3 is 6.09 Å². The lowest BCUT2D eigenvalue weighted by molar-refractivity contribution is -0.309. The van der Waals surface area contributed by atoms with Crippen LogP contribution in [0.5, 0.6) is 0 Å². The van der Waals surface area contributed by atoms with Gasteiger partial charge in [0.05, 0.1) is 25.2 Å². The Labute approximate surface area is 124 Å². The Morgan fingerprint density at radius 2 is 1.86 bits per heavy atom. The number of alkyl carbamates (subject to hydrolysis) is 1. The van der Waals surface area contributed by atoms with Crippen LogP contribution < -0.4 is 10.4 Å². The Morgan fingerprint density at radius 3 is 2.38 bits per heavy atom. The van der Waals surface area contributed by atoms with E-state index in [2.05, 4.69) is 5.32 Å². The van der Waals surface area contributed by atoms with Crippen molar-refractivity contribution >= 4 is 12.1 Å². The molecule has 6 heteroatoms. The molecule has 0 fully saturated rings. The topological polar surface area (TPSA) is 87.7 Å². The highest BCUT2D eigenvalue weighted by Gasteiger charge is 2.20. The fourth-order valence-electron chi connectivity index (χ4n) is 1.49. The number of carbonyl (C=O) groups is 2. The molecule has 0 saturated heterocycles. The molecular weight excluding hydrogens is 274 g/mol. The molecule has 1 aromatic rings. The van der Waals surface area contributed by atoms with Gasteiger partial charge in [0.1, 0.15) is 5.60 Å². The first-order valence-electron chi connectivity index (χ1n) is 6.60. The van der Waals surface area contributed by atoms with Crippen LogP contribution in [0, 0.1) is 0 Å². The van der Waals surface area contributed by atoms with Gasteiger partial charge in [0.2, 0.25) is 0 Å². The predicted octanol–water partition coefficient (Wildman–Crippen LogP) is 0.846. The fraction of sp³-hybridized carbons (Fsp3) is 0.467. The maximum atomic E-state index is 11.5. The molecule has 0 aromatic heterocycles. The summed E-state index contributed by atoms with van der Waals surface area (Å²) in [5.74, 6) is -1.42. The van der Waals surface area contributed by atoms with Crippen LogP contribution >= 0.6 is 0 Å². The summed E-state index contributed by atoms with van der Waals surface area (Å²) in [5.41, 5.74) is 0.206. The lowest BCUT2D eigenvalue weighted by Gasteiger charge is -2.24. The highest BCUT2D eigenvalue weighted by Crippen LogP contribution is 2.07. The highest BCUT2D eigenvalue weighted by molar-refractivity contribution is 5.78. The maximum Gasteiger partial charge on any atom is 0.408 e. The number of aliphatic carboxylic acids is 1. The van der Waals surface area contributed by atoms with Crippen molar-refractivity contribution in [3.05, 3.63) is 35.9 Å². The molecule has 0 bridgehead atoms. The predicted molar refractivity (Wildman–Crippen MR) is 74.3 cm³/mol. The summed E-state index contributed by atoms with van der Waals surface area (Å²) < 4.78 is 10.3. The second-order valence-corrected chi connectivity index (χ2v) is 5.52. The monoisotopic (exact) mass is 294 g/mol. The molecule has 0 aliphatic rings. The van der Waals surface area contributed by atoms with Crippen molar-refractivity contribution in [1.82, 2.24) is 5.32 Å². The molecule has 1 atom stereocenters. The Hall–Kier alpha value is -2.08. The van der Waals surface area contributed by atoms with Crippen molar-refractivity contribution in [3.8, 4) is 0 Å². The quantitative estimate of drug-likeness (QED) is 0.840. The van der Waals surface area contributed by atoms with E-state index in [0.717, 1.165) is 5.56 Å². The number of nitrogens with one attached hydrogen (secondary N) is 1. The molecule has 21 heavy (non-hydrogen) atoms. The van der Waals surface area contributed by atoms with E-state index in [1.165, 1.54) is 0 Å². The number of carbonyl (C=O) groups excluding carboxylic acids is 2. The summed E-state index contributed by atoms with van der Waals surface area (Å²) >= 11 is 0. The Kier molecular flexibility index (Phi) is 6.17. The molecule has 0 spiro atoms. The van der Waals surface area contributed by atoms with Gasteiger partial charge in [0, 0.05) is 0 Å². The number of ether oxygens (including phenoxy) is 2. The number of amides is 1. The first-order chi connectivity index (χ1) is 9.78. The lowest BCUT2D eigenvalue weighted by Crippen LogP contribution is -2.51. The molecule has 0 aliphatic heterocycles. The SMILES string of the molecule is CC(C)(C)OC(=O)N[C@H](COCc1ccccc1)C(=O)[O-]. The molecule has 0 saturated carbocycles. The first-order valence-corrected chi connectivity index (χ1v) is 6.60. The van der Waals surface area contributed by atoms with E-state index in [0.29, 0.717) is 0 Å². The van der Waals surface area contributed by atoms with Crippen LogP contribution in [0.3, 0.4) is 0 Å². The van der Waals surface area contributed by atoms with Gasteiger partial charge in [0.15, 0.2) is 0 Å². The van der Waals surface area contributed by atoms with Crippen LogP contribution in [-0.2, 0) is 20.9 Å². The molecule has 1 amide bonds. The third-order valence-corrected chi connectivity index (χ3v) is 2.37. The van der Waals surface area contributed by atoms with E-state index in [1.807, 2.05) is 30.3 Å². The molecule has 0 heterocycles. The van der Waals surface area contributed by atoms with Gasteiger partial charge < -0.3 is 24.7 Å². The summed E-state index contributed by atoms with van der Waals surface area (Å²) in [5, 5.41) is 13.2. The van der Waals surface area contributed by atoms with Gasteiger partial charge in [-0.2, -0.15) is 0 Å². The van der Waals surface area contributed by atoms with Crippen LogP contribution in [0.2, 0.25) is 0 Å². The summed E-state index contributed by atoms with van der Waals surface area (Å²) in [6.45, 7) is 5.11. The van der Waals surface area contributed by atoms with Crippen LogP contribution in [0.25, 0.3) is 0 Å². The zero-order chi connectivity index (χ0) is 15.9. The number of carboxylic acid groups (broad SMARTS) is 1. The third kappa shape index (κ3) is 7.31. The molecule has 1 aromatic carbocycles. The van der Waals surface area contributed by atoms with Crippen molar-refractivity contribution in [2.45, 2.75) is 39.0 Å². The number of hydrogen-bond donors (Lipinski definition) is 1. The van der Waals surface area contributed by atoms with Gasteiger partial charge in [-0.15, -0.1) is 0 Å². The molecule has 1 N–H and O–H groups in total. The second kappa shape index (κ2) is 7.64. The van der Waals surface area contributed by atoms with Crippen LogP contribution in [0.1, 0.15) is 26.3 Å². The highest BCUT2D eigenvalue weighted by atomic mass is 16.6. The van der Waals surface area contributed by atoms with E-state index >= 15 is 0 Å². The van der Waals surface area contributed by atoms with Crippen molar-refractivity contribution in [2.24, 2.45) is 0 Å². The fourth-order valence-corrected chi connectivity index (χ4v) is 1.49. The number of carboxylic acids is 1. The second-order valence-electron chi connectivity index (χ2n) is 5.52. The van der Waals surface area contributed by atoms with E-state index in [-0.39, 0.29) is 13.2 Å². The lowest BCUT2D eigenvalue weighted by atomic mass is 10.2. The average molecular weight is 294 g/mol. The number of benzene rings is 1. The summed E-state index contributed by atoms with van der Waals surface area (Å²) in [6, 6.07) is 8.03. The first kappa shape index (κ1) is 17.0. The van der Waals surface area contributed by atoms with Crippen molar-refractivity contribution in [3.63, 3.8) is 0 Å². The van der Waals surface area contributed by atoms with Crippen LogP contribution in [-0.4, -0.2) is 30.3 Å². The summed E-state index contributed by atoms with van der Waals surface area (Å²) in [7, 11) is 0. The van der Waals surface area contributed by atoms with Crippen LogP contribution in [0.15, 0.2) is 30.3 Å². The molecule has 1 rings (SSSR count). The zero-order valence-corrected chi connectivity index (χ0v) is 12.4. The Balaban J connectivity index is 2.43. The largest absolute Gasteiger partial charge is 0.548 e. The van der Waals surface area contributed by atoms with Crippen molar-refractivity contribution in [2.75, 3.05) is 6.61 Å². The average Bonchev–Trinajstić information content (AvgIpc) is 2.36. The minimum atomic E-state index is -1.42. The maximum absolute atomic E-state index is 11.5. The summed E-state index contributed by atoms with van der Waals surface area (Å²) in [4.78, 5) is 22.5. The zero-order valence-electron chi connectivity index (χ0n) is 12.4. The molecule has 0 aliphatic carbocycles. The molecule has 116 valence electrons. The summed E-state index contributed by atoms with van der Waals surface area (Å²) in [6.07, 6.45) is -0.819. The molecule has 6 nitrogen and oxygen atoms in total. The smallest absolute Gasteiger partial charge is 0.408 e. The van der Waals surface area contributed by atoms with Gasteiger partial charge in [-0.25, -0.2) is 4.79 Å². The van der Waals surface area contributed by atoms with Crippen molar-refractivity contribution in [1.29, 1.82) is 0 Å². The van der Waals surface area contributed by atoms with Gasteiger partial charge in [-0.05, 0) is 26.3 Å². The molecular formula is C15H20NO5-. The number of rotatable bonds is 6. The van der Waals surface area contributed by atoms with E-state index in [4.69, 9.17) is 9.47 Å². The third-order valence-electron chi connectivity index (χ3n) is 2.37. The van der Waals surface area contributed by atoms with Gasteiger partial charge in [0.25, 0.3) is 0 Å². The molecule has 0 radical (unpaired) electrons. The van der Waals surface area contributed by atoms with Crippen LogP contribution in [0.4, 0.5) is 4.79 Å². The van der Waals surface area contributed by atoms with Gasteiger partial charge in [-0.3, -0.25) is 0 Å². The Morgan fingerprint density at radius 1 is 1.24 bits per heavy atom. The van der Waals surface area contributed by atoms with Crippen molar-refractivity contribution < 1.29 is 24.2 Å². The minimum absolute atomic E-state index is 0.198. The minimum Gasteiger partial charge on any atom is -0.548 e. The van der Waals surface area contributed by atoms with E-state index < -0.39 is 23.7 Å². The normalized spacial score (nSPS) is 12.5. The standard InChI is InChI=1S/C15H21NO5/c1-15(2,3)21-14(19)16-12(13(17)18)10-20-9-11-7-5-4-6-8-11/h4-8,12H,9-10H2,1-3H3,(H,16,19)(H,17,18)/p-1/t12-/m1/s1. The molecule has 0 unspecified atom stereocenters. The van der Waals surface area contributed by atoms with E-state index in [9.17, 15) is 14.7 Å². The number of hydrogen-bond acceptors (Lipinski definition) is 5. The Bertz CT molecular complexity index is 467. The van der Waals surface area contributed by atoms with Gasteiger partial charge in [-0.1, -0.05) is 30.3 Å².